The highest BCUT2D eigenvalue weighted by molar-refractivity contribution is 7.98. The Balaban J connectivity index is 0.00000882. The van der Waals surface area contributed by atoms with Crippen molar-refractivity contribution in [3.63, 3.8) is 0 Å². The van der Waals surface area contributed by atoms with E-state index in [9.17, 15) is 18.8 Å². The summed E-state index contributed by atoms with van der Waals surface area (Å²) in [5.41, 5.74) is 13.7. The normalized spacial score (nSPS) is 20.0. The van der Waals surface area contributed by atoms with Gasteiger partial charge in [0.15, 0.2) is 0 Å². The number of allylic oxidation sites excluding steroid dienone is 2. The number of alkyl halides is 2. The molecule has 0 radical (unpaired) electrons. The average molecular weight is 668 g/mol. The molecule has 0 saturated carbocycles. The molecular weight excluding hydrogens is 626 g/mol. The number of nitrogens with one attached hydrogen (secondary N) is 2. The zero-order chi connectivity index (χ0) is 30.4. The standard InChI is InChI=1S/C29H41Cl2FN4O4S.ClH/c1-3-40-28(39)23(11-16-41-2)35-27(38)24(36-26(37)22(33)17-19-6-8-21(32)9-7-19)18-29(13-15-31)12-4-5-20(10-14-30)25(29)34;/h4-9,12,22-25H,3,10-11,13-18,33-34H2,1-2H3,(H,35,38)(H,36,37);1H/t22-,23-,24-,25?,29?;/m0./s1. The van der Waals surface area contributed by atoms with E-state index in [1.165, 1.54) is 23.9 Å². The third-order valence-electron chi connectivity index (χ3n) is 7.12. The second-order valence-corrected chi connectivity index (χ2v) is 11.7. The van der Waals surface area contributed by atoms with Crippen molar-refractivity contribution in [2.75, 3.05) is 30.4 Å². The molecule has 0 bridgehead atoms. The maximum atomic E-state index is 13.8. The fraction of sp³-hybridized carbons (Fsp3) is 0.552. The Morgan fingerprint density at radius 1 is 1.12 bits per heavy atom. The molecule has 8 nitrogen and oxygen atoms in total. The maximum absolute atomic E-state index is 13.8. The average Bonchev–Trinajstić information content (AvgIpc) is 2.94. The molecule has 5 atom stereocenters. The number of benzene rings is 1. The fourth-order valence-corrected chi connectivity index (χ4v) is 5.88. The molecular formula is C29H42Cl3FN4O4S. The first-order valence-electron chi connectivity index (χ1n) is 13.6. The number of nitrogens with two attached hydrogens (primary N) is 2. The number of hydrogen-bond acceptors (Lipinski definition) is 7. The molecule has 2 rings (SSSR count). The molecule has 236 valence electrons. The van der Waals surface area contributed by atoms with Gasteiger partial charge in [-0.1, -0.05) is 35.9 Å². The summed E-state index contributed by atoms with van der Waals surface area (Å²) in [7, 11) is 0. The van der Waals surface area contributed by atoms with Gasteiger partial charge in [0.05, 0.1) is 12.6 Å². The number of thioether (sulfide) groups is 1. The highest BCUT2D eigenvalue weighted by Gasteiger charge is 2.42. The molecule has 1 aromatic rings. The van der Waals surface area contributed by atoms with Crippen LogP contribution in [0.3, 0.4) is 0 Å². The number of amides is 2. The summed E-state index contributed by atoms with van der Waals surface area (Å²) in [4.78, 5) is 39.7. The molecule has 2 unspecified atom stereocenters. The summed E-state index contributed by atoms with van der Waals surface area (Å²) in [6.45, 7) is 1.85. The lowest BCUT2D eigenvalue weighted by Crippen LogP contribution is -2.58. The van der Waals surface area contributed by atoms with Crippen molar-refractivity contribution >= 4 is 65.2 Å². The summed E-state index contributed by atoms with van der Waals surface area (Å²) < 4.78 is 18.5. The van der Waals surface area contributed by atoms with E-state index in [-0.39, 0.29) is 37.7 Å². The zero-order valence-electron chi connectivity index (χ0n) is 24.0. The largest absolute Gasteiger partial charge is 0.464 e. The van der Waals surface area contributed by atoms with E-state index in [0.717, 1.165) is 5.57 Å². The number of rotatable bonds is 17. The quantitative estimate of drug-likeness (QED) is 0.146. The minimum Gasteiger partial charge on any atom is -0.464 e. The SMILES string of the molecule is CCOC(=O)[C@H](CCSC)NC(=O)[C@H](CC1(CCCl)C=CC=C(CCCl)C1N)NC(=O)[C@@H](N)Cc1ccc(F)cc1.Cl. The molecule has 13 heteroatoms. The number of carbonyl (C=O) groups excluding carboxylic acids is 3. The Labute approximate surface area is 268 Å². The third kappa shape index (κ3) is 11.4. The highest BCUT2D eigenvalue weighted by atomic mass is 35.5. The monoisotopic (exact) mass is 666 g/mol. The number of hydrogen-bond donors (Lipinski definition) is 4. The van der Waals surface area contributed by atoms with E-state index in [1.54, 1.807) is 19.1 Å². The van der Waals surface area contributed by atoms with Crippen LogP contribution in [0.25, 0.3) is 0 Å². The van der Waals surface area contributed by atoms with Crippen molar-refractivity contribution < 1.29 is 23.5 Å². The van der Waals surface area contributed by atoms with Crippen LogP contribution >= 0.6 is 47.4 Å². The van der Waals surface area contributed by atoms with Gasteiger partial charge in [-0.2, -0.15) is 11.8 Å². The minimum atomic E-state index is -1.10. The number of esters is 1. The number of halogens is 4. The van der Waals surface area contributed by atoms with Crippen molar-refractivity contribution in [1.29, 1.82) is 0 Å². The number of ether oxygens (including phenoxy) is 1. The van der Waals surface area contributed by atoms with Gasteiger partial charge in [-0.15, -0.1) is 35.6 Å². The first-order valence-corrected chi connectivity index (χ1v) is 16.1. The van der Waals surface area contributed by atoms with Gasteiger partial charge in [0.1, 0.15) is 17.9 Å². The van der Waals surface area contributed by atoms with Crippen LogP contribution < -0.4 is 22.1 Å². The maximum Gasteiger partial charge on any atom is 0.328 e. The van der Waals surface area contributed by atoms with Gasteiger partial charge in [-0.05, 0) is 68.7 Å². The van der Waals surface area contributed by atoms with Crippen LogP contribution in [0.5, 0.6) is 0 Å². The Hall–Kier alpha value is -1.82. The van der Waals surface area contributed by atoms with Crippen LogP contribution in [0, 0.1) is 11.2 Å². The Morgan fingerprint density at radius 3 is 2.38 bits per heavy atom. The molecule has 42 heavy (non-hydrogen) atoms. The van der Waals surface area contributed by atoms with Crippen LogP contribution in [0.4, 0.5) is 4.39 Å². The lowest BCUT2D eigenvalue weighted by atomic mass is 9.68. The molecule has 0 aromatic heterocycles. The van der Waals surface area contributed by atoms with E-state index in [0.29, 0.717) is 36.5 Å². The van der Waals surface area contributed by atoms with Crippen molar-refractivity contribution in [2.24, 2.45) is 16.9 Å². The predicted molar refractivity (Wildman–Crippen MR) is 172 cm³/mol. The Bertz CT molecular complexity index is 1080. The lowest BCUT2D eigenvalue weighted by Gasteiger charge is -2.42. The second-order valence-electron chi connectivity index (χ2n) is 9.99. The summed E-state index contributed by atoms with van der Waals surface area (Å²) in [5, 5.41) is 5.57. The van der Waals surface area contributed by atoms with Gasteiger partial charge in [-0.3, -0.25) is 9.59 Å². The van der Waals surface area contributed by atoms with E-state index >= 15 is 0 Å². The fourth-order valence-electron chi connectivity index (χ4n) is 4.83. The molecule has 0 heterocycles. The smallest absolute Gasteiger partial charge is 0.328 e. The zero-order valence-corrected chi connectivity index (χ0v) is 27.1. The minimum absolute atomic E-state index is 0. The van der Waals surface area contributed by atoms with E-state index < -0.39 is 53.2 Å². The van der Waals surface area contributed by atoms with Crippen molar-refractivity contribution in [3.05, 3.63) is 59.4 Å². The summed E-state index contributed by atoms with van der Waals surface area (Å²) in [6.07, 6.45) is 9.17. The van der Waals surface area contributed by atoms with Crippen LogP contribution in [-0.4, -0.2) is 72.3 Å². The molecule has 1 aliphatic carbocycles. The van der Waals surface area contributed by atoms with Crippen molar-refractivity contribution in [3.8, 4) is 0 Å². The summed E-state index contributed by atoms with van der Waals surface area (Å²) in [5.74, 6) is -0.834. The van der Waals surface area contributed by atoms with Gasteiger partial charge >= 0.3 is 5.97 Å². The van der Waals surface area contributed by atoms with Crippen LogP contribution in [0.2, 0.25) is 0 Å². The van der Waals surface area contributed by atoms with E-state index in [2.05, 4.69) is 10.6 Å². The topological polar surface area (TPSA) is 137 Å². The Kier molecular flexibility index (Phi) is 17.7. The molecule has 0 spiro atoms. The first-order chi connectivity index (χ1) is 19.6. The predicted octanol–water partition coefficient (Wildman–Crippen LogP) is 3.86. The molecule has 0 fully saturated rings. The molecule has 0 aliphatic heterocycles. The van der Waals surface area contributed by atoms with Gasteiger partial charge in [0, 0.05) is 23.2 Å². The van der Waals surface area contributed by atoms with Gasteiger partial charge in [0.2, 0.25) is 11.8 Å². The highest BCUT2D eigenvalue weighted by Crippen LogP contribution is 2.40. The van der Waals surface area contributed by atoms with E-state index in [4.69, 9.17) is 39.4 Å². The molecule has 0 saturated heterocycles. The van der Waals surface area contributed by atoms with Gasteiger partial charge in [0.25, 0.3) is 0 Å². The molecule has 6 N–H and O–H groups in total. The lowest BCUT2D eigenvalue weighted by molar-refractivity contribution is -0.147. The van der Waals surface area contributed by atoms with Gasteiger partial charge < -0.3 is 26.8 Å². The van der Waals surface area contributed by atoms with Crippen molar-refractivity contribution in [1.82, 2.24) is 10.6 Å². The van der Waals surface area contributed by atoms with Crippen LogP contribution in [0.1, 0.15) is 38.2 Å². The van der Waals surface area contributed by atoms with Crippen LogP contribution in [0.15, 0.2) is 48.1 Å². The third-order valence-corrected chi connectivity index (χ3v) is 8.14. The molecule has 1 aliphatic rings. The summed E-state index contributed by atoms with van der Waals surface area (Å²) >= 11 is 13.8. The first kappa shape index (κ1) is 38.2. The Morgan fingerprint density at radius 2 is 1.79 bits per heavy atom. The molecule has 1 aromatic carbocycles. The summed E-state index contributed by atoms with van der Waals surface area (Å²) in [6, 6.07) is 2.18. The second kappa shape index (κ2) is 19.5. The van der Waals surface area contributed by atoms with Crippen LogP contribution in [-0.2, 0) is 25.5 Å². The van der Waals surface area contributed by atoms with Gasteiger partial charge in [-0.25, -0.2) is 9.18 Å². The molecule has 2 amide bonds. The van der Waals surface area contributed by atoms with E-state index in [1.807, 2.05) is 24.5 Å². The van der Waals surface area contributed by atoms with Crippen molar-refractivity contribution in [2.45, 2.75) is 63.2 Å². The number of carbonyl (C=O) groups is 3.